The molecule has 0 atom stereocenters. The van der Waals surface area contributed by atoms with Gasteiger partial charge in [-0.1, -0.05) is 47.5 Å². The SMILES string of the molecule is Cc1cc2c(-c3ccc(Cl)cc3)sc(-c3ccc(Cl)cc3)c2cc1C. The number of rotatable bonds is 2. The van der Waals surface area contributed by atoms with Crippen LogP contribution in [0.2, 0.25) is 10.0 Å². The molecule has 0 bridgehead atoms. The summed E-state index contributed by atoms with van der Waals surface area (Å²) in [5.41, 5.74) is 5.01. The molecule has 0 saturated heterocycles. The van der Waals surface area contributed by atoms with Gasteiger partial charge in [-0.05, 0) is 72.5 Å². The van der Waals surface area contributed by atoms with Gasteiger partial charge >= 0.3 is 0 Å². The van der Waals surface area contributed by atoms with Gasteiger partial charge in [-0.3, -0.25) is 0 Å². The normalized spacial score (nSPS) is 11.2. The molecule has 0 N–H and O–H groups in total. The van der Waals surface area contributed by atoms with Crippen molar-refractivity contribution in [1.29, 1.82) is 0 Å². The first-order valence-electron chi connectivity index (χ1n) is 8.08. The number of hydrogen-bond acceptors (Lipinski definition) is 1. The molecule has 0 spiro atoms. The summed E-state index contributed by atoms with van der Waals surface area (Å²) in [6.45, 7) is 4.33. The minimum atomic E-state index is 0.759. The van der Waals surface area contributed by atoms with Crippen molar-refractivity contribution < 1.29 is 0 Å². The summed E-state index contributed by atoms with van der Waals surface area (Å²) in [4.78, 5) is 2.56. The molecule has 0 aliphatic rings. The molecule has 4 aromatic rings. The smallest absolute Gasteiger partial charge is 0.0428 e. The highest BCUT2D eigenvalue weighted by atomic mass is 35.5. The quantitative estimate of drug-likeness (QED) is 0.327. The van der Waals surface area contributed by atoms with Crippen molar-refractivity contribution in [2.24, 2.45) is 0 Å². The van der Waals surface area contributed by atoms with Crippen LogP contribution in [0.15, 0.2) is 60.7 Å². The fourth-order valence-electron chi connectivity index (χ4n) is 3.04. The van der Waals surface area contributed by atoms with Gasteiger partial charge in [0.1, 0.15) is 0 Å². The highest BCUT2D eigenvalue weighted by Crippen LogP contribution is 2.45. The first-order chi connectivity index (χ1) is 12.0. The molecule has 0 nitrogen and oxygen atoms in total. The number of benzene rings is 3. The van der Waals surface area contributed by atoms with Crippen LogP contribution in [0.25, 0.3) is 31.7 Å². The summed E-state index contributed by atoms with van der Waals surface area (Å²) in [7, 11) is 0. The van der Waals surface area contributed by atoms with Crippen LogP contribution in [0.4, 0.5) is 0 Å². The molecule has 0 unspecified atom stereocenters. The highest BCUT2D eigenvalue weighted by Gasteiger charge is 2.15. The number of hydrogen-bond donors (Lipinski definition) is 0. The number of aryl methyl sites for hydroxylation is 2. The third kappa shape index (κ3) is 3.08. The maximum Gasteiger partial charge on any atom is 0.0428 e. The molecule has 25 heavy (non-hydrogen) atoms. The van der Waals surface area contributed by atoms with E-state index >= 15 is 0 Å². The van der Waals surface area contributed by atoms with Crippen LogP contribution in [0.3, 0.4) is 0 Å². The Morgan fingerprint density at radius 2 is 0.960 bits per heavy atom. The van der Waals surface area contributed by atoms with Crippen LogP contribution >= 0.6 is 34.5 Å². The van der Waals surface area contributed by atoms with Crippen LogP contribution in [0.1, 0.15) is 11.1 Å². The predicted octanol–water partition coefficient (Wildman–Crippen LogP) is 8.16. The molecular weight excluding hydrogens is 367 g/mol. The summed E-state index contributed by atoms with van der Waals surface area (Å²) < 4.78 is 0. The Morgan fingerprint density at radius 1 is 0.600 bits per heavy atom. The van der Waals surface area contributed by atoms with Crippen molar-refractivity contribution in [3.8, 4) is 20.9 Å². The second-order valence-electron chi connectivity index (χ2n) is 6.26. The summed E-state index contributed by atoms with van der Waals surface area (Å²) >= 11 is 14.0. The van der Waals surface area contributed by atoms with Crippen LogP contribution < -0.4 is 0 Å². The fourth-order valence-corrected chi connectivity index (χ4v) is 4.56. The summed E-state index contributed by atoms with van der Waals surface area (Å²) in [5.74, 6) is 0. The molecule has 0 fully saturated rings. The van der Waals surface area contributed by atoms with Crippen LogP contribution in [-0.4, -0.2) is 0 Å². The summed E-state index contributed by atoms with van der Waals surface area (Å²) in [5, 5.41) is 4.10. The van der Waals surface area contributed by atoms with E-state index in [-0.39, 0.29) is 0 Å². The Hall–Kier alpha value is -1.80. The Labute approximate surface area is 161 Å². The van der Waals surface area contributed by atoms with Gasteiger partial charge in [0.25, 0.3) is 0 Å². The van der Waals surface area contributed by atoms with E-state index in [1.165, 1.54) is 42.8 Å². The molecule has 0 aliphatic heterocycles. The Balaban J connectivity index is 2.02. The number of fused-ring (bicyclic) bond motifs is 1. The van der Waals surface area contributed by atoms with Gasteiger partial charge in [0, 0.05) is 30.6 Å². The molecule has 1 heterocycles. The lowest BCUT2D eigenvalue weighted by Gasteiger charge is -2.04. The lowest BCUT2D eigenvalue weighted by molar-refractivity contribution is 1.37. The lowest BCUT2D eigenvalue weighted by atomic mass is 9.99. The average Bonchev–Trinajstić information content (AvgIpc) is 2.95. The van der Waals surface area contributed by atoms with Crippen LogP contribution in [-0.2, 0) is 0 Å². The first kappa shape index (κ1) is 16.7. The zero-order valence-corrected chi connectivity index (χ0v) is 16.3. The van der Waals surface area contributed by atoms with E-state index in [0.717, 1.165) is 10.0 Å². The topological polar surface area (TPSA) is 0 Å². The molecule has 1 aromatic heterocycles. The molecule has 0 radical (unpaired) electrons. The minimum absolute atomic E-state index is 0.759. The van der Waals surface area contributed by atoms with Crippen LogP contribution in [0.5, 0.6) is 0 Å². The standard InChI is InChI=1S/C22H16Cl2S/c1-13-11-19-20(12-14(13)2)22(16-5-9-18(24)10-6-16)25-21(19)15-3-7-17(23)8-4-15/h3-12H,1-2H3. The zero-order chi connectivity index (χ0) is 17.6. The second-order valence-corrected chi connectivity index (χ2v) is 8.15. The van der Waals surface area contributed by atoms with Crippen molar-refractivity contribution in [3.05, 3.63) is 81.8 Å². The lowest BCUT2D eigenvalue weighted by Crippen LogP contribution is -1.82. The molecule has 3 heteroatoms. The maximum absolute atomic E-state index is 6.07. The monoisotopic (exact) mass is 382 g/mol. The molecule has 4 rings (SSSR count). The molecule has 0 saturated carbocycles. The first-order valence-corrected chi connectivity index (χ1v) is 9.66. The molecule has 0 amide bonds. The largest absolute Gasteiger partial charge is 0.134 e. The van der Waals surface area contributed by atoms with Gasteiger partial charge in [0.05, 0.1) is 0 Å². The predicted molar refractivity (Wildman–Crippen MR) is 112 cm³/mol. The summed E-state index contributed by atoms with van der Waals surface area (Å²) in [6, 6.07) is 20.8. The Morgan fingerprint density at radius 3 is 1.32 bits per heavy atom. The van der Waals surface area contributed by atoms with Gasteiger partial charge in [0.2, 0.25) is 0 Å². The summed E-state index contributed by atoms with van der Waals surface area (Å²) in [6.07, 6.45) is 0. The van der Waals surface area contributed by atoms with E-state index < -0.39 is 0 Å². The van der Waals surface area contributed by atoms with E-state index in [1.54, 1.807) is 0 Å². The van der Waals surface area contributed by atoms with Crippen molar-refractivity contribution in [2.75, 3.05) is 0 Å². The van der Waals surface area contributed by atoms with Gasteiger partial charge < -0.3 is 0 Å². The highest BCUT2D eigenvalue weighted by molar-refractivity contribution is 7.21. The maximum atomic E-state index is 6.07. The van der Waals surface area contributed by atoms with Gasteiger partial charge in [-0.2, -0.15) is 0 Å². The average molecular weight is 383 g/mol. The number of halogens is 2. The van der Waals surface area contributed by atoms with Crippen molar-refractivity contribution in [3.63, 3.8) is 0 Å². The molecule has 0 aliphatic carbocycles. The second kappa shape index (κ2) is 6.49. The van der Waals surface area contributed by atoms with Gasteiger partial charge in [-0.25, -0.2) is 0 Å². The third-order valence-electron chi connectivity index (χ3n) is 4.54. The minimum Gasteiger partial charge on any atom is -0.134 e. The van der Waals surface area contributed by atoms with E-state index in [9.17, 15) is 0 Å². The van der Waals surface area contributed by atoms with Crippen LogP contribution in [0, 0.1) is 13.8 Å². The van der Waals surface area contributed by atoms with Crippen molar-refractivity contribution in [2.45, 2.75) is 13.8 Å². The van der Waals surface area contributed by atoms with E-state index in [1.807, 2.05) is 35.6 Å². The fraction of sp³-hybridized carbons (Fsp3) is 0.0909. The van der Waals surface area contributed by atoms with E-state index in [4.69, 9.17) is 23.2 Å². The van der Waals surface area contributed by atoms with Gasteiger partial charge in [0.15, 0.2) is 0 Å². The molecule has 124 valence electrons. The zero-order valence-electron chi connectivity index (χ0n) is 13.9. The Kier molecular flexibility index (Phi) is 4.33. The van der Waals surface area contributed by atoms with Crippen molar-refractivity contribution >= 4 is 45.3 Å². The van der Waals surface area contributed by atoms with Crippen molar-refractivity contribution in [1.82, 2.24) is 0 Å². The van der Waals surface area contributed by atoms with E-state index in [0.29, 0.717) is 0 Å². The molecular formula is C22H16Cl2S. The van der Waals surface area contributed by atoms with E-state index in [2.05, 4.69) is 50.2 Å². The Bertz CT molecular complexity index is 973. The third-order valence-corrected chi connectivity index (χ3v) is 6.36. The molecule has 3 aromatic carbocycles. The van der Waals surface area contributed by atoms with Gasteiger partial charge in [-0.15, -0.1) is 11.3 Å². The number of thiophene rings is 1.